The number of benzene rings is 1. The van der Waals surface area contributed by atoms with Crippen LogP contribution >= 0.6 is 11.3 Å². The SMILES string of the molecule is C=C(C)CN=c1scc(-c2ccc3c(c2)NC(=O)CO3)n1N=C(CCC)CCC. The lowest BCUT2D eigenvalue weighted by atomic mass is 10.1. The van der Waals surface area contributed by atoms with Gasteiger partial charge in [0.05, 0.1) is 17.9 Å². The normalized spacial score (nSPS) is 13.5. The molecule has 2 aromatic rings. The first kappa shape index (κ1) is 21.0. The van der Waals surface area contributed by atoms with E-state index in [9.17, 15) is 4.79 Å². The predicted molar refractivity (Wildman–Crippen MR) is 120 cm³/mol. The molecule has 0 aliphatic carbocycles. The summed E-state index contributed by atoms with van der Waals surface area (Å²) < 4.78 is 7.42. The predicted octanol–water partition coefficient (Wildman–Crippen LogP) is 4.83. The van der Waals surface area contributed by atoms with Crippen molar-refractivity contribution in [3.8, 4) is 17.0 Å². The Labute approximate surface area is 175 Å². The van der Waals surface area contributed by atoms with Crippen LogP contribution in [0.4, 0.5) is 5.69 Å². The zero-order valence-electron chi connectivity index (χ0n) is 17.3. The van der Waals surface area contributed by atoms with Gasteiger partial charge in [-0.1, -0.05) is 38.8 Å². The number of hydrogen-bond donors (Lipinski definition) is 1. The second-order valence-electron chi connectivity index (χ2n) is 7.20. The number of aromatic nitrogens is 1. The quantitative estimate of drug-likeness (QED) is 0.498. The first-order chi connectivity index (χ1) is 14.0. The van der Waals surface area contributed by atoms with Crippen LogP contribution in [0.3, 0.4) is 0 Å². The number of carbonyl (C=O) groups is 1. The molecule has 0 spiro atoms. The van der Waals surface area contributed by atoms with Crippen LogP contribution < -0.4 is 14.9 Å². The molecule has 1 N–H and O–H groups in total. The summed E-state index contributed by atoms with van der Waals surface area (Å²) in [4.78, 5) is 17.2. The molecule has 0 atom stereocenters. The molecule has 6 nitrogen and oxygen atoms in total. The van der Waals surface area contributed by atoms with Gasteiger partial charge in [-0.15, -0.1) is 11.3 Å². The third-order valence-electron chi connectivity index (χ3n) is 4.40. The van der Waals surface area contributed by atoms with Gasteiger partial charge < -0.3 is 10.1 Å². The van der Waals surface area contributed by atoms with Gasteiger partial charge in [0.2, 0.25) is 4.80 Å². The van der Waals surface area contributed by atoms with E-state index in [4.69, 9.17) is 14.8 Å². The van der Waals surface area contributed by atoms with Crippen molar-refractivity contribution in [1.82, 2.24) is 4.68 Å². The Hall–Kier alpha value is -2.67. The van der Waals surface area contributed by atoms with Gasteiger partial charge in [-0.3, -0.25) is 9.79 Å². The maximum atomic E-state index is 11.7. The van der Waals surface area contributed by atoms with Crippen molar-refractivity contribution >= 4 is 28.6 Å². The van der Waals surface area contributed by atoms with Gasteiger partial charge in [0.25, 0.3) is 5.91 Å². The average molecular weight is 413 g/mol. The number of anilines is 1. The van der Waals surface area contributed by atoms with Gasteiger partial charge in [-0.2, -0.15) is 5.10 Å². The molecule has 0 saturated carbocycles. The number of fused-ring (bicyclic) bond motifs is 1. The van der Waals surface area contributed by atoms with Crippen molar-refractivity contribution in [2.45, 2.75) is 46.5 Å². The summed E-state index contributed by atoms with van der Waals surface area (Å²) in [5.41, 5.74) is 4.76. The average Bonchev–Trinajstić information content (AvgIpc) is 3.08. The number of nitrogens with zero attached hydrogens (tertiary/aromatic N) is 3. The number of nitrogens with one attached hydrogen (secondary N) is 1. The number of carbonyl (C=O) groups excluding carboxylic acids is 1. The number of ether oxygens (including phenoxy) is 1. The minimum atomic E-state index is -0.142. The Morgan fingerprint density at radius 2 is 2.07 bits per heavy atom. The Balaban J connectivity index is 2.10. The zero-order valence-corrected chi connectivity index (χ0v) is 18.1. The van der Waals surface area contributed by atoms with Gasteiger partial charge in [-0.25, -0.2) is 4.68 Å². The number of amides is 1. The lowest BCUT2D eigenvalue weighted by molar-refractivity contribution is -0.118. The summed E-state index contributed by atoms with van der Waals surface area (Å²) in [6.07, 6.45) is 4.03. The highest BCUT2D eigenvalue weighted by molar-refractivity contribution is 7.07. The largest absolute Gasteiger partial charge is 0.482 e. The Morgan fingerprint density at radius 1 is 1.31 bits per heavy atom. The molecule has 2 heterocycles. The topological polar surface area (TPSA) is 68.0 Å². The molecule has 1 amide bonds. The van der Waals surface area contributed by atoms with E-state index in [1.807, 2.05) is 29.8 Å². The van der Waals surface area contributed by atoms with Crippen LogP contribution in [0.25, 0.3) is 11.3 Å². The summed E-state index contributed by atoms with van der Waals surface area (Å²) >= 11 is 1.56. The Morgan fingerprint density at radius 3 is 2.76 bits per heavy atom. The summed E-state index contributed by atoms with van der Waals surface area (Å²) in [5, 5.41) is 9.92. The number of rotatable bonds is 8. The van der Waals surface area contributed by atoms with E-state index in [1.165, 1.54) is 5.71 Å². The minimum Gasteiger partial charge on any atom is -0.482 e. The molecule has 0 saturated heterocycles. The van der Waals surface area contributed by atoms with Crippen LogP contribution in [-0.4, -0.2) is 29.4 Å². The van der Waals surface area contributed by atoms with Gasteiger partial charge in [0.15, 0.2) is 6.61 Å². The van der Waals surface area contributed by atoms with E-state index in [2.05, 4.69) is 31.1 Å². The zero-order chi connectivity index (χ0) is 20.8. The van der Waals surface area contributed by atoms with Crippen LogP contribution in [-0.2, 0) is 4.79 Å². The van der Waals surface area contributed by atoms with E-state index >= 15 is 0 Å². The monoisotopic (exact) mass is 412 g/mol. The fraction of sp³-hybridized carbons (Fsp3) is 0.409. The molecule has 1 aliphatic heterocycles. The highest BCUT2D eigenvalue weighted by Gasteiger charge is 2.18. The smallest absolute Gasteiger partial charge is 0.262 e. The third kappa shape index (κ3) is 5.23. The van der Waals surface area contributed by atoms with Crippen LogP contribution in [0.2, 0.25) is 0 Å². The maximum Gasteiger partial charge on any atom is 0.262 e. The molecule has 7 heteroatoms. The summed E-state index contributed by atoms with van der Waals surface area (Å²) in [5.74, 6) is 0.541. The molecule has 154 valence electrons. The number of thiazole rings is 1. The minimum absolute atomic E-state index is 0.0520. The van der Waals surface area contributed by atoms with E-state index < -0.39 is 0 Å². The molecule has 3 rings (SSSR count). The first-order valence-electron chi connectivity index (χ1n) is 10.0. The van der Waals surface area contributed by atoms with Gasteiger partial charge in [0, 0.05) is 16.7 Å². The maximum absolute atomic E-state index is 11.7. The molecule has 0 fully saturated rings. The van der Waals surface area contributed by atoms with E-state index in [0.717, 1.165) is 47.3 Å². The van der Waals surface area contributed by atoms with Crippen molar-refractivity contribution in [3.05, 3.63) is 40.5 Å². The van der Waals surface area contributed by atoms with Crippen molar-refractivity contribution in [3.63, 3.8) is 0 Å². The van der Waals surface area contributed by atoms with Crippen LogP contribution in [0.1, 0.15) is 46.5 Å². The van der Waals surface area contributed by atoms with E-state index in [-0.39, 0.29) is 12.5 Å². The van der Waals surface area contributed by atoms with Crippen molar-refractivity contribution in [2.24, 2.45) is 10.1 Å². The van der Waals surface area contributed by atoms with E-state index in [0.29, 0.717) is 18.0 Å². The van der Waals surface area contributed by atoms with Gasteiger partial charge in [0.1, 0.15) is 5.75 Å². The first-order valence-corrected chi connectivity index (χ1v) is 10.9. The lowest BCUT2D eigenvalue weighted by Crippen LogP contribution is -2.25. The van der Waals surface area contributed by atoms with Gasteiger partial charge >= 0.3 is 0 Å². The fourth-order valence-electron chi connectivity index (χ4n) is 3.09. The molecule has 0 bridgehead atoms. The Kier molecular flexibility index (Phi) is 7.04. The fourth-order valence-corrected chi connectivity index (χ4v) is 3.92. The second-order valence-corrected chi connectivity index (χ2v) is 8.04. The second kappa shape index (κ2) is 9.69. The molecule has 1 aliphatic rings. The molecule has 1 aromatic carbocycles. The molecule has 0 unspecified atom stereocenters. The van der Waals surface area contributed by atoms with Crippen LogP contribution in [0, 0.1) is 0 Å². The summed E-state index contributed by atoms with van der Waals surface area (Å²) in [6.45, 7) is 10.9. The third-order valence-corrected chi connectivity index (χ3v) is 5.25. The molecular weight excluding hydrogens is 384 g/mol. The lowest BCUT2D eigenvalue weighted by Gasteiger charge is -2.18. The van der Waals surface area contributed by atoms with Crippen molar-refractivity contribution < 1.29 is 9.53 Å². The van der Waals surface area contributed by atoms with Crippen LogP contribution in [0.5, 0.6) is 5.75 Å². The van der Waals surface area contributed by atoms with Gasteiger partial charge in [-0.05, 0) is 38.0 Å². The highest BCUT2D eigenvalue weighted by Crippen LogP contribution is 2.33. The summed E-state index contributed by atoms with van der Waals surface area (Å²) in [6, 6.07) is 5.81. The highest BCUT2D eigenvalue weighted by atomic mass is 32.1. The molecule has 29 heavy (non-hydrogen) atoms. The standard InChI is InChI=1S/C22H28N4O2S/c1-5-7-17(8-6-2)25-26-19(14-29-22(26)23-12-15(3)4)16-9-10-20-18(11-16)24-21(27)13-28-20/h9-11,14H,3,5-8,12-13H2,1-2,4H3,(H,24,27). The van der Waals surface area contributed by atoms with Crippen molar-refractivity contribution in [1.29, 1.82) is 0 Å². The van der Waals surface area contributed by atoms with E-state index in [1.54, 1.807) is 11.3 Å². The molecular formula is C22H28N4O2S. The molecule has 1 aromatic heterocycles. The van der Waals surface area contributed by atoms with Crippen molar-refractivity contribution in [2.75, 3.05) is 18.5 Å². The van der Waals surface area contributed by atoms with Crippen LogP contribution in [0.15, 0.2) is 45.8 Å². The summed E-state index contributed by atoms with van der Waals surface area (Å²) in [7, 11) is 0. The Bertz CT molecular complexity index is 992. The number of hydrogen-bond acceptors (Lipinski definition) is 5. The molecule has 0 radical (unpaired) electrons.